The van der Waals surface area contributed by atoms with Crippen LogP contribution in [0.15, 0.2) is 48.5 Å². The summed E-state index contributed by atoms with van der Waals surface area (Å²) in [6.45, 7) is 11.0. The molecule has 4 atom stereocenters. The fourth-order valence-electron chi connectivity index (χ4n) is 5.35. The lowest BCUT2D eigenvalue weighted by Gasteiger charge is -2.35. The number of benzene rings is 2. The number of rotatable bonds is 6. The van der Waals surface area contributed by atoms with Gasteiger partial charge in [-0.1, -0.05) is 63.2 Å². The Bertz CT molecular complexity index is 1350. The van der Waals surface area contributed by atoms with Gasteiger partial charge in [-0.25, -0.2) is 4.79 Å². The molecule has 0 aliphatic carbocycles. The third-order valence-corrected chi connectivity index (χ3v) is 8.38. The fraction of sp³-hybridized carbons (Fsp3) is 0.500. The number of para-hydroxylation sites is 1. The molecule has 1 aromatic heterocycles. The first kappa shape index (κ1) is 29.6. The molecule has 0 bridgehead atoms. The lowest BCUT2D eigenvalue weighted by molar-refractivity contribution is -0.0186. The Kier molecular flexibility index (Phi) is 9.21. The van der Waals surface area contributed by atoms with Gasteiger partial charge in [0.25, 0.3) is 5.91 Å². The number of carbonyl (C=O) groups excluding carboxylic acids is 2. The Labute approximate surface area is 237 Å². The Hall–Kier alpha value is -3.36. The van der Waals surface area contributed by atoms with Crippen molar-refractivity contribution in [2.45, 2.75) is 59.4 Å². The van der Waals surface area contributed by atoms with E-state index in [0.29, 0.717) is 31.3 Å². The summed E-state index contributed by atoms with van der Waals surface area (Å²) in [6.07, 6.45) is -0.336. The monoisotopic (exact) mass is 548 g/mol. The van der Waals surface area contributed by atoms with Gasteiger partial charge >= 0.3 is 6.03 Å². The zero-order valence-electron chi connectivity index (χ0n) is 24.8. The van der Waals surface area contributed by atoms with Crippen LogP contribution in [0.4, 0.5) is 4.79 Å². The molecule has 1 aliphatic rings. The Morgan fingerprint density at radius 3 is 2.50 bits per heavy atom. The van der Waals surface area contributed by atoms with Crippen molar-refractivity contribution in [3.63, 3.8) is 0 Å². The van der Waals surface area contributed by atoms with Gasteiger partial charge in [0.05, 0.1) is 25.4 Å². The number of hydrogen-bond donors (Lipinski definition) is 2. The SMILES string of the molecule is CC(C)[C@H](C)NC(=O)N(C)C[C@H]1OCc2ccccc2-c2c(n(C)c3ccccc23)C(=O)N([C@@H](C)CO)C[C@H]1C. The summed E-state index contributed by atoms with van der Waals surface area (Å²) in [6, 6.07) is 15.6. The zero-order valence-corrected chi connectivity index (χ0v) is 24.8. The molecule has 0 radical (unpaired) electrons. The predicted molar refractivity (Wildman–Crippen MR) is 159 cm³/mol. The van der Waals surface area contributed by atoms with E-state index in [0.717, 1.165) is 27.6 Å². The highest BCUT2D eigenvalue weighted by atomic mass is 16.5. The fourth-order valence-corrected chi connectivity index (χ4v) is 5.35. The molecule has 0 saturated carbocycles. The van der Waals surface area contributed by atoms with E-state index in [1.54, 1.807) is 16.8 Å². The number of urea groups is 1. The van der Waals surface area contributed by atoms with Crippen LogP contribution in [0.2, 0.25) is 0 Å². The second-order valence-electron chi connectivity index (χ2n) is 11.6. The number of aliphatic hydroxyl groups is 1. The summed E-state index contributed by atoms with van der Waals surface area (Å²) in [5.41, 5.74) is 4.37. The van der Waals surface area contributed by atoms with E-state index in [9.17, 15) is 14.7 Å². The van der Waals surface area contributed by atoms with Crippen LogP contribution in [0.5, 0.6) is 0 Å². The molecule has 40 heavy (non-hydrogen) atoms. The molecule has 2 aromatic carbocycles. The molecule has 0 unspecified atom stereocenters. The van der Waals surface area contributed by atoms with Gasteiger partial charge in [0.1, 0.15) is 5.69 Å². The maximum Gasteiger partial charge on any atom is 0.317 e. The van der Waals surface area contributed by atoms with Crippen LogP contribution < -0.4 is 5.32 Å². The number of ether oxygens (including phenoxy) is 1. The van der Waals surface area contributed by atoms with Crippen LogP contribution in [0.1, 0.15) is 50.7 Å². The van der Waals surface area contributed by atoms with Crippen molar-refractivity contribution in [1.82, 2.24) is 19.7 Å². The highest BCUT2D eigenvalue weighted by Gasteiger charge is 2.34. The van der Waals surface area contributed by atoms with Crippen molar-refractivity contribution in [2.24, 2.45) is 18.9 Å². The molecule has 216 valence electrons. The van der Waals surface area contributed by atoms with E-state index >= 15 is 0 Å². The largest absolute Gasteiger partial charge is 0.394 e. The number of hydrogen-bond acceptors (Lipinski definition) is 4. The molecule has 1 aliphatic heterocycles. The maximum absolute atomic E-state index is 14.4. The first-order valence-electron chi connectivity index (χ1n) is 14.3. The number of aliphatic hydroxyl groups excluding tert-OH is 1. The van der Waals surface area contributed by atoms with E-state index < -0.39 is 6.04 Å². The number of carbonyl (C=O) groups is 2. The van der Waals surface area contributed by atoms with Crippen molar-refractivity contribution < 1.29 is 19.4 Å². The standard InChI is InChI=1S/C32H44N4O4/c1-20(2)23(5)33-32(39)34(6)17-28-21(3)16-36(22(4)18-37)31(38)30-29(25-13-9-8-12-24(25)19-40-28)26-14-10-11-15-27(26)35(30)7/h8-15,20-23,28,37H,16-19H2,1-7H3,(H,33,39)/t21-,22+,23+,28-/m1/s1. The van der Waals surface area contributed by atoms with Crippen molar-refractivity contribution >= 4 is 22.8 Å². The molecule has 3 amide bonds. The topological polar surface area (TPSA) is 87.0 Å². The highest BCUT2D eigenvalue weighted by Crippen LogP contribution is 2.38. The molecule has 4 rings (SSSR count). The average molecular weight is 549 g/mol. The first-order valence-corrected chi connectivity index (χ1v) is 14.3. The molecule has 8 heteroatoms. The maximum atomic E-state index is 14.4. The number of aryl methyl sites for hydroxylation is 1. The number of nitrogens with one attached hydrogen (secondary N) is 1. The van der Waals surface area contributed by atoms with Crippen LogP contribution in [-0.2, 0) is 18.4 Å². The van der Waals surface area contributed by atoms with Crippen LogP contribution in [0, 0.1) is 11.8 Å². The van der Waals surface area contributed by atoms with Gasteiger partial charge in [-0.05, 0) is 37.0 Å². The molecule has 2 heterocycles. The predicted octanol–water partition coefficient (Wildman–Crippen LogP) is 4.89. The van der Waals surface area contributed by atoms with E-state index in [-0.39, 0.29) is 36.6 Å². The second kappa shape index (κ2) is 12.4. The zero-order chi connectivity index (χ0) is 29.1. The van der Waals surface area contributed by atoms with Gasteiger partial charge in [0.2, 0.25) is 0 Å². The third-order valence-electron chi connectivity index (χ3n) is 8.38. The molecule has 2 N–H and O–H groups in total. The number of likely N-dealkylation sites (N-methyl/N-ethyl adjacent to an activating group) is 1. The summed E-state index contributed by atoms with van der Waals surface area (Å²) in [7, 11) is 3.70. The van der Waals surface area contributed by atoms with E-state index in [2.05, 4.69) is 25.2 Å². The van der Waals surface area contributed by atoms with Crippen molar-refractivity contribution in [3.8, 4) is 11.1 Å². The van der Waals surface area contributed by atoms with Crippen LogP contribution in [0.25, 0.3) is 22.0 Å². The van der Waals surface area contributed by atoms with E-state index in [1.807, 2.05) is 74.9 Å². The molecule has 3 aromatic rings. The van der Waals surface area contributed by atoms with Gasteiger partial charge in [-0.15, -0.1) is 0 Å². The smallest absolute Gasteiger partial charge is 0.317 e. The molecular formula is C32H44N4O4. The van der Waals surface area contributed by atoms with E-state index in [4.69, 9.17) is 4.74 Å². The third kappa shape index (κ3) is 5.88. The summed E-state index contributed by atoms with van der Waals surface area (Å²) in [5, 5.41) is 14.2. The number of fused-ring (bicyclic) bond motifs is 5. The first-order chi connectivity index (χ1) is 19.0. The normalized spacial score (nSPS) is 19.5. The summed E-state index contributed by atoms with van der Waals surface area (Å²) in [4.78, 5) is 30.8. The lowest BCUT2D eigenvalue weighted by Crippen LogP contribution is -2.50. The van der Waals surface area contributed by atoms with Gasteiger partial charge in [-0.2, -0.15) is 0 Å². The van der Waals surface area contributed by atoms with Crippen LogP contribution >= 0.6 is 0 Å². The molecule has 0 spiro atoms. The minimum absolute atomic E-state index is 0.0413. The minimum Gasteiger partial charge on any atom is -0.394 e. The number of aromatic nitrogens is 1. The van der Waals surface area contributed by atoms with Gasteiger partial charge in [0, 0.05) is 55.6 Å². The Morgan fingerprint density at radius 1 is 1.12 bits per heavy atom. The average Bonchev–Trinajstić information content (AvgIpc) is 3.23. The van der Waals surface area contributed by atoms with Crippen molar-refractivity contribution in [3.05, 3.63) is 59.8 Å². The quantitative estimate of drug-likeness (QED) is 0.459. The van der Waals surface area contributed by atoms with Gasteiger partial charge in [0.15, 0.2) is 0 Å². The molecule has 8 nitrogen and oxygen atoms in total. The molecular weight excluding hydrogens is 504 g/mol. The minimum atomic E-state index is -0.398. The molecule has 0 saturated heterocycles. The Morgan fingerprint density at radius 2 is 1.80 bits per heavy atom. The van der Waals surface area contributed by atoms with Gasteiger partial charge in [-0.3, -0.25) is 4.79 Å². The lowest BCUT2D eigenvalue weighted by atomic mass is 9.96. The summed E-state index contributed by atoms with van der Waals surface area (Å²) in [5.74, 6) is 0.0761. The second-order valence-corrected chi connectivity index (χ2v) is 11.6. The summed E-state index contributed by atoms with van der Waals surface area (Å²) < 4.78 is 8.56. The number of nitrogens with zero attached hydrogens (tertiary/aromatic N) is 3. The van der Waals surface area contributed by atoms with Gasteiger partial charge < -0.3 is 29.5 Å². The van der Waals surface area contributed by atoms with Crippen LogP contribution in [0.3, 0.4) is 0 Å². The van der Waals surface area contributed by atoms with E-state index in [1.165, 1.54) is 0 Å². The van der Waals surface area contributed by atoms with Crippen molar-refractivity contribution in [2.75, 3.05) is 26.7 Å². The van der Waals surface area contributed by atoms with Crippen LogP contribution in [-0.4, -0.2) is 76.3 Å². The highest BCUT2D eigenvalue weighted by molar-refractivity contribution is 6.10. The Balaban J connectivity index is 1.79. The van der Waals surface area contributed by atoms with Crippen molar-refractivity contribution in [1.29, 1.82) is 0 Å². The molecule has 0 fully saturated rings. The number of amides is 3. The summed E-state index contributed by atoms with van der Waals surface area (Å²) >= 11 is 0.